The summed E-state index contributed by atoms with van der Waals surface area (Å²) in [5.74, 6) is 1.61. The molecule has 0 bridgehead atoms. The SMILES string of the molecule is CCc1cc(S(C)(=O)=O)ccc1C(=O)N1CCOc2ccc(-c3ccc4c(c3)nc(CNC)n4C)cc2C1. The van der Waals surface area contributed by atoms with Gasteiger partial charge >= 0.3 is 0 Å². The molecular formula is C29H32N4O4S. The second-order valence-corrected chi connectivity index (χ2v) is 11.7. The number of aryl methyl sites for hydroxylation is 2. The number of rotatable bonds is 6. The molecular weight excluding hydrogens is 500 g/mol. The quantitative estimate of drug-likeness (QED) is 0.404. The summed E-state index contributed by atoms with van der Waals surface area (Å²) < 4.78 is 32.1. The molecule has 9 heteroatoms. The molecule has 1 aromatic heterocycles. The summed E-state index contributed by atoms with van der Waals surface area (Å²) in [4.78, 5) is 20.4. The van der Waals surface area contributed by atoms with Crippen molar-refractivity contribution < 1.29 is 17.9 Å². The maximum Gasteiger partial charge on any atom is 0.254 e. The Balaban J connectivity index is 1.45. The maximum atomic E-state index is 13.6. The fourth-order valence-electron chi connectivity index (χ4n) is 4.96. The molecule has 0 radical (unpaired) electrons. The highest BCUT2D eigenvalue weighted by Gasteiger charge is 2.24. The molecule has 5 rings (SSSR count). The molecule has 0 spiro atoms. The van der Waals surface area contributed by atoms with Crippen LogP contribution in [0.1, 0.15) is 34.2 Å². The minimum absolute atomic E-state index is 0.129. The van der Waals surface area contributed by atoms with E-state index in [4.69, 9.17) is 9.72 Å². The van der Waals surface area contributed by atoms with Crippen LogP contribution in [0.4, 0.5) is 0 Å². The van der Waals surface area contributed by atoms with E-state index < -0.39 is 9.84 Å². The average molecular weight is 533 g/mol. The Bertz CT molecular complexity index is 1640. The molecule has 0 fully saturated rings. The molecule has 0 saturated heterocycles. The summed E-state index contributed by atoms with van der Waals surface area (Å²) in [6, 6.07) is 17.1. The summed E-state index contributed by atoms with van der Waals surface area (Å²) >= 11 is 0. The fraction of sp³-hybridized carbons (Fsp3) is 0.310. The fourth-order valence-corrected chi connectivity index (χ4v) is 5.64. The number of carbonyl (C=O) groups excluding carboxylic acids is 1. The molecule has 198 valence electrons. The number of nitrogens with one attached hydrogen (secondary N) is 1. The third-order valence-electron chi connectivity index (χ3n) is 7.09. The Kier molecular flexibility index (Phi) is 6.98. The first-order valence-corrected chi connectivity index (χ1v) is 14.6. The van der Waals surface area contributed by atoms with Crippen LogP contribution in [0.15, 0.2) is 59.5 Å². The van der Waals surface area contributed by atoms with Gasteiger partial charge in [0.05, 0.1) is 29.0 Å². The lowest BCUT2D eigenvalue weighted by atomic mass is 10.0. The Morgan fingerprint density at radius 1 is 1.08 bits per heavy atom. The van der Waals surface area contributed by atoms with Gasteiger partial charge in [-0.3, -0.25) is 4.79 Å². The number of imidazole rings is 1. The number of ether oxygens (including phenoxy) is 1. The van der Waals surface area contributed by atoms with E-state index in [0.717, 1.165) is 44.9 Å². The van der Waals surface area contributed by atoms with Gasteiger partial charge in [0.25, 0.3) is 5.91 Å². The highest BCUT2D eigenvalue weighted by molar-refractivity contribution is 7.90. The van der Waals surface area contributed by atoms with Crippen molar-refractivity contribution in [2.24, 2.45) is 7.05 Å². The van der Waals surface area contributed by atoms with E-state index in [9.17, 15) is 13.2 Å². The summed E-state index contributed by atoms with van der Waals surface area (Å²) in [6.45, 7) is 3.84. The maximum absolute atomic E-state index is 13.6. The monoisotopic (exact) mass is 532 g/mol. The van der Waals surface area contributed by atoms with E-state index in [1.54, 1.807) is 17.0 Å². The van der Waals surface area contributed by atoms with Crippen molar-refractivity contribution in [2.75, 3.05) is 26.5 Å². The van der Waals surface area contributed by atoms with Crippen LogP contribution in [0, 0.1) is 0 Å². The second kappa shape index (κ2) is 10.2. The van der Waals surface area contributed by atoms with Crippen LogP contribution in [0.3, 0.4) is 0 Å². The zero-order valence-electron chi connectivity index (χ0n) is 22.1. The minimum Gasteiger partial charge on any atom is -0.491 e. The highest BCUT2D eigenvalue weighted by atomic mass is 32.2. The van der Waals surface area contributed by atoms with Crippen molar-refractivity contribution in [3.8, 4) is 16.9 Å². The Labute approximate surface area is 223 Å². The Hall–Kier alpha value is -3.69. The lowest BCUT2D eigenvalue weighted by molar-refractivity contribution is 0.0732. The largest absolute Gasteiger partial charge is 0.491 e. The van der Waals surface area contributed by atoms with E-state index >= 15 is 0 Å². The molecule has 0 saturated carbocycles. The number of amides is 1. The molecule has 2 heterocycles. The average Bonchev–Trinajstić information content (AvgIpc) is 3.07. The molecule has 8 nitrogen and oxygen atoms in total. The summed E-state index contributed by atoms with van der Waals surface area (Å²) in [5, 5.41) is 3.16. The number of sulfone groups is 1. The van der Waals surface area contributed by atoms with Gasteiger partial charge < -0.3 is 19.5 Å². The molecule has 38 heavy (non-hydrogen) atoms. The normalized spacial score (nSPS) is 13.7. The highest BCUT2D eigenvalue weighted by Crippen LogP contribution is 2.32. The van der Waals surface area contributed by atoms with Gasteiger partial charge in [-0.2, -0.15) is 0 Å². The molecule has 0 unspecified atom stereocenters. The van der Waals surface area contributed by atoms with Gasteiger partial charge in [-0.15, -0.1) is 0 Å². The number of nitrogens with zero attached hydrogens (tertiary/aromatic N) is 3. The number of carbonyl (C=O) groups is 1. The summed E-state index contributed by atoms with van der Waals surface area (Å²) in [5.41, 5.74) is 6.25. The third-order valence-corrected chi connectivity index (χ3v) is 8.20. The first-order chi connectivity index (χ1) is 18.2. The zero-order chi connectivity index (χ0) is 27.0. The first-order valence-electron chi connectivity index (χ1n) is 12.7. The van der Waals surface area contributed by atoms with Crippen LogP contribution >= 0.6 is 0 Å². The molecule has 4 aromatic rings. The predicted molar refractivity (Wildman–Crippen MR) is 148 cm³/mol. The Morgan fingerprint density at radius 3 is 2.58 bits per heavy atom. The van der Waals surface area contributed by atoms with Gasteiger partial charge in [0, 0.05) is 31.0 Å². The Morgan fingerprint density at radius 2 is 1.84 bits per heavy atom. The van der Waals surface area contributed by atoms with E-state index in [1.807, 2.05) is 33.2 Å². The zero-order valence-corrected chi connectivity index (χ0v) is 22.9. The van der Waals surface area contributed by atoms with E-state index in [-0.39, 0.29) is 10.8 Å². The third kappa shape index (κ3) is 4.91. The summed E-state index contributed by atoms with van der Waals surface area (Å²) in [7, 11) is 0.575. The van der Waals surface area contributed by atoms with Crippen molar-refractivity contribution in [3.63, 3.8) is 0 Å². The van der Waals surface area contributed by atoms with Gasteiger partial charge in [-0.1, -0.05) is 19.1 Å². The molecule has 1 N–H and O–H groups in total. The van der Waals surface area contributed by atoms with Crippen molar-refractivity contribution in [1.82, 2.24) is 19.8 Å². The molecule has 1 aliphatic rings. The van der Waals surface area contributed by atoms with Crippen molar-refractivity contribution in [2.45, 2.75) is 31.3 Å². The van der Waals surface area contributed by atoms with Gasteiger partial charge in [0.1, 0.15) is 18.2 Å². The van der Waals surface area contributed by atoms with Gasteiger partial charge in [0.2, 0.25) is 0 Å². The van der Waals surface area contributed by atoms with Gasteiger partial charge in [-0.25, -0.2) is 13.4 Å². The predicted octanol–water partition coefficient (Wildman–Crippen LogP) is 3.96. The van der Waals surface area contributed by atoms with Crippen molar-refractivity contribution >= 4 is 26.8 Å². The minimum atomic E-state index is -3.35. The molecule has 1 amide bonds. The lowest BCUT2D eigenvalue weighted by Crippen LogP contribution is -2.33. The summed E-state index contributed by atoms with van der Waals surface area (Å²) in [6.07, 6.45) is 1.73. The van der Waals surface area contributed by atoms with Crippen LogP contribution in [0.2, 0.25) is 0 Å². The van der Waals surface area contributed by atoms with Gasteiger partial charge in [-0.05, 0) is 72.6 Å². The van der Waals surface area contributed by atoms with Crippen LogP contribution in [-0.2, 0) is 36.4 Å². The van der Waals surface area contributed by atoms with Crippen molar-refractivity contribution in [1.29, 1.82) is 0 Å². The molecule has 0 aliphatic carbocycles. The topological polar surface area (TPSA) is 93.5 Å². The van der Waals surface area contributed by atoms with E-state index in [2.05, 4.69) is 34.1 Å². The number of hydrogen-bond acceptors (Lipinski definition) is 6. The number of benzene rings is 3. The molecule has 3 aromatic carbocycles. The number of aromatic nitrogens is 2. The number of fused-ring (bicyclic) bond motifs is 2. The second-order valence-electron chi connectivity index (χ2n) is 9.66. The van der Waals surface area contributed by atoms with Crippen LogP contribution < -0.4 is 10.1 Å². The standard InChI is InChI=1S/C29H32N4O4S/c1-5-19-15-23(38(4,35)36)8-9-24(19)29(34)33-12-13-37-27-11-7-20(14-22(27)18-33)21-6-10-26-25(16-21)31-28(17-30-2)32(26)3/h6-11,14-16,30H,5,12-13,17-18H2,1-4H3. The van der Waals surface area contributed by atoms with Crippen LogP contribution in [0.5, 0.6) is 5.75 Å². The van der Waals surface area contributed by atoms with E-state index in [1.165, 1.54) is 12.3 Å². The van der Waals surface area contributed by atoms with Crippen molar-refractivity contribution in [3.05, 3.63) is 77.1 Å². The van der Waals surface area contributed by atoms with Crippen LogP contribution in [-0.4, -0.2) is 55.2 Å². The number of hydrogen-bond donors (Lipinski definition) is 1. The van der Waals surface area contributed by atoms with E-state index in [0.29, 0.717) is 38.2 Å². The smallest absolute Gasteiger partial charge is 0.254 e. The van der Waals surface area contributed by atoms with Gasteiger partial charge in [0.15, 0.2) is 9.84 Å². The first kappa shape index (κ1) is 25.9. The molecule has 0 atom stereocenters. The van der Waals surface area contributed by atoms with Crippen LogP contribution in [0.25, 0.3) is 22.2 Å². The molecule has 1 aliphatic heterocycles. The lowest BCUT2D eigenvalue weighted by Gasteiger charge is -2.22.